The zero-order valence-electron chi connectivity index (χ0n) is 22.4. The smallest absolute Gasteiger partial charge is 0.330 e. The van der Waals surface area contributed by atoms with Gasteiger partial charge in [-0.25, -0.2) is 29.5 Å². The van der Waals surface area contributed by atoms with Gasteiger partial charge in [0.25, 0.3) is 0 Å². The van der Waals surface area contributed by atoms with E-state index in [4.69, 9.17) is 9.72 Å². The maximum Gasteiger partial charge on any atom is 0.330 e. The molecule has 4 heterocycles. The summed E-state index contributed by atoms with van der Waals surface area (Å²) in [5, 5.41) is 3.43. The zero-order valence-corrected chi connectivity index (χ0v) is 23.2. The molecule has 2 aromatic rings. The lowest BCUT2D eigenvalue weighted by Gasteiger charge is -2.34. The van der Waals surface area contributed by atoms with Gasteiger partial charge in [-0.15, -0.1) is 0 Å². The molecule has 1 unspecified atom stereocenters. The lowest BCUT2D eigenvalue weighted by atomic mass is 9.92. The van der Waals surface area contributed by atoms with Crippen molar-refractivity contribution in [3.8, 4) is 0 Å². The van der Waals surface area contributed by atoms with Gasteiger partial charge < -0.3 is 19.5 Å². The van der Waals surface area contributed by atoms with E-state index in [1.807, 2.05) is 6.92 Å². The number of esters is 1. The van der Waals surface area contributed by atoms with Crippen molar-refractivity contribution in [1.82, 2.24) is 19.7 Å². The highest BCUT2D eigenvalue weighted by Gasteiger charge is 2.27. The average molecular weight is 543 g/mol. The highest BCUT2D eigenvalue weighted by Crippen LogP contribution is 2.34. The minimum absolute atomic E-state index is 0.387. The molecule has 1 saturated heterocycles. The number of nitrogens with zero attached hydrogens (tertiary/aromatic N) is 5. The van der Waals surface area contributed by atoms with E-state index < -0.39 is 28.9 Å². The molecule has 0 bridgehead atoms. The SMILES string of the molecule is CCc1c(N=C[C@@H](NS(=O)[O-])C(=O)OC(C)(C)C)ncnc1N1CCC(c2ccc3c(n2)NCCC3)CC1. The van der Waals surface area contributed by atoms with Crippen LogP contribution in [0.15, 0.2) is 23.5 Å². The standard InChI is InChI=1S/C26H37N7O4S/c1-5-19-23(28-15-21(32-38(35)36)25(34)37-26(2,3)4)29-16-30-24(19)33-13-10-17(11-14-33)20-9-8-18-7-6-12-27-22(18)31-20/h8-9,15-17,21,32H,5-7,10-14H2,1-4H3,(H,27,31)(H,35,36)/p-1/t21-/m1/s1. The highest BCUT2D eigenvalue weighted by atomic mass is 32.2. The Bertz CT molecular complexity index is 1190. The van der Waals surface area contributed by atoms with Crippen LogP contribution in [-0.2, 0) is 33.6 Å². The van der Waals surface area contributed by atoms with E-state index in [0.717, 1.165) is 68.2 Å². The number of fused-ring (bicyclic) bond motifs is 1. The first-order valence-corrected chi connectivity index (χ1v) is 14.2. The number of ether oxygens (including phenoxy) is 1. The number of carbonyl (C=O) groups excluding carboxylic acids is 1. The Balaban J connectivity index is 1.48. The van der Waals surface area contributed by atoms with E-state index >= 15 is 0 Å². The predicted octanol–water partition coefficient (Wildman–Crippen LogP) is 2.97. The Morgan fingerprint density at radius 3 is 2.79 bits per heavy atom. The first-order chi connectivity index (χ1) is 18.1. The topological polar surface area (TPSA) is 145 Å². The fourth-order valence-electron chi connectivity index (χ4n) is 4.81. The third-order valence-electron chi connectivity index (χ3n) is 6.61. The van der Waals surface area contributed by atoms with Crippen molar-refractivity contribution in [3.63, 3.8) is 0 Å². The number of rotatable bonds is 8. The quantitative estimate of drug-likeness (QED) is 0.292. The van der Waals surface area contributed by atoms with Crippen molar-refractivity contribution in [3.05, 3.63) is 35.3 Å². The van der Waals surface area contributed by atoms with Gasteiger partial charge in [0.1, 0.15) is 23.6 Å². The Kier molecular flexibility index (Phi) is 9.06. The van der Waals surface area contributed by atoms with Crippen LogP contribution in [0.3, 0.4) is 0 Å². The van der Waals surface area contributed by atoms with E-state index in [1.165, 1.54) is 18.1 Å². The first-order valence-electron chi connectivity index (χ1n) is 13.1. The molecule has 0 radical (unpaired) electrons. The molecule has 2 atom stereocenters. The summed E-state index contributed by atoms with van der Waals surface area (Å²) in [4.78, 5) is 32.9. The second-order valence-electron chi connectivity index (χ2n) is 10.5. The number of hydrogen-bond acceptors (Lipinski definition) is 10. The molecule has 4 rings (SSSR count). The van der Waals surface area contributed by atoms with Crippen LogP contribution < -0.4 is 14.9 Å². The van der Waals surface area contributed by atoms with Crippen LogP contribution >= 0.6 is 0 Å². The summed E-state index contributed by atoms with van der Waals surface area (Å²) in [6, 6.07) is 3.11. The molecule has 2 aromatic heterocycles. The summed E-state index contributed by atoms with van der Waals surface area (Å²) in [6.07, 6.45) is 7.43. The van der Waals surface area contributed by atoms with Crippen molar-refractivity contribution in [1.29, 1.82) is 0 Å². The number of anilines is 2. The zero-order chi connectivity index (χ0) is 27.3. The molecule has 1 fully saturated rings. The van der Waals surface area contributed by atoms with Gasteiger partial charge >= 0.3 is 5.97 Å². The molecule has 2 N–H and O–H groups in total. The van der Waals surface area contributed by atoms with Gasteiger partial charge in [-0.3, -0.25) is 4.21 Å². The summed E-state index contributed by atoms with van der Waals surface area (Å²) in [5.41, 5.74) is 2.50. The molecule has 12 heteroatoms. The Morgan fingerprint density at radius 1 is 1.34 bits per heavy atom. The molecule has 206 valence electrons. The second-order valence-corrected chi connectivity index (χ2v) is 11.2. The molecule has 0 aliphatic carbocycles. The molecular formula is C26H36N7O4S-. The monoisotopic (exact) mass is 542 g/mol. The minimum atomic E-state index is -2.68. The number of carbonyl (C=O) groups is 1. The molecule has 0 amide bonds. The number of pyridine rings is 1. The van der Waals surface area contributed by atoms with Crippen molar-refractivity contribution < 1.29 is 18.3 Å². The minimum Gasteiger partial charge on any atom is -0.760 e. The molecule has 2 aliphatic heterocycles. The first kappa shape index (κ1) is 28.1. The van der Waals surface area contributed by atoms with E-state index in [9.17, 15) is 13.6 Å². The van der Waals surface area contributed by atoms with Crippen LogP contribution in [0.1, 0.15) is 69.7 Å². The van der Waals surface area contributed by atoms with Gasteiger partial charge in [0, 0.05) is 54.3 Å². The fraction of sp³-hybridized carbons (Fsp3) is 0.577. The molecule has 0 spiro atoms. The van der Waals surface area contributed by atoms with Crippen molar-refractivity contribution in [2.24, 2.45) is 4.99 Å². The van der Waals surface area contributed by atoms with Crippen LogP contribution in [0.4, 0.5) is 17.5 Å². The molecule has 0 saturated carbocycles. The third kappa shape index (κ3) is 7.12. The summed E-state index contributed by atoms with van der Waals surface area (Å²) in [6.45, 7) is 9.74. The number of aromatic nitrogens is 3. The van der Waals surface area contributed by atoms with E-state index in [1.54, 1.807) is 20.8 Å². The number of aliphatic imine (C=N–C) groups is 1. The summed E-state index contributed by atoms with van der Waals surface area (Å²) < 4.78 is 30.0. The third-order valence-corrected chi connectivity index (χ3v) is 7.06. The lowest BCUT2D eigenvalue weighted by Crippen LogP contribution is -2.43. The molecular weight excluding hydrogens is 506 g/mol. The molecule has 2 aliphatic rings. The van der Waals surface area contributed by atoms with Gasteiger partial charge in [-0.1, -0.05) is 13.0 Å². The van der Waals surface area contributed by atoms with Gasteiger partial charge in [-0.05, 0) is 64.5 Å². The molecule has 0 aromatic carbocycles. The number of piperidine rings is 1. The Hall–Kier alpha value is -2.96. The number of nitrogens with one attached hydrogen (secondary N) is 2. The predicted molar refractivity (Wildman–Crippen MR) is 146 cm³/mol. The maximum atomic E-state index is 12.5. The fourth-order valence-corrected chi connectivity index (χ4v) is 5.17. The van der Waals surface area contributed by atoms with Gasteiger partial charge in [-0.2, -0.15) is 0 Å². The number of aryl methyl sites for hydroxylation is 1. The summed E-state index contributed by atoms with van der Waals surface area (Å²) >= 11 is -2.68. The van der Waals surface area contributed by atoms with Gasteiger partial charge in [0.05, 0.1) is 0 Å². The maximum absolute atomic E-state index is 12.5. The van der Waals surface area contributed by atoms with Gasteiger partial charge in [0.2, 0.25) is 0 Å². The van der Waals surface area contributed by atoms with E-state index in [-0.39, 0.29) is 0 Å². The Labute approximate surface area is 226 Å². The van der Waals surface area contributed by atoms with Crippen LogP contribution in [-0.4, -0.2) is 67.2 Å². The van der Waals surface area contributed by atoms with E-state index in [0.29, 0.717) is 18.2 Å². The lowest BCUT2D eigenvalue weighted by molar-refractivity contribution is -0.154. The average Bonchev–Trinajstić information content (AvgIpc) is 2.89. The highest BCUT2D eigenvalue weighted by molar-refractivity contribution is 7.77. The number of hydrogen-bond donors (Lipinski definition) is 2. The van der Waals surface area contributed by atoms with Crippen molar-refractivity contribution in [2.75, 3.05) is 29.9 Å². The van der Waals surface area contributed by atoms with Crippen LogP contribution in [0, 0.1) is 0 Å². The molecule has 11 nitrogen and oxygen atoms in total. The second kappa shape index (κ2) is 12.3. The van der Waals surface area contributed by atoms with Crippen LogP contribution in [0.25, 0.3) is 0 Å². The largest absolute Gasteiger partial charge is 0.760 e. The normalized spacial score (nSPS) is 18.1. The van der Waals surface area contributed by atoms with Gasteiger partial charge in [0.15, 0.2) is 11.9 Å². The van der Waals surface area contributed by atoms with Crippen molar-refractivity contribution in [2.45, 2.75) is 77.4 Å². The van der Waals surface area contributed by atoms with Crippen molar-refractivity contribution >= 4 is 40.9 Å². The van der Waals surface area contributed by atoms with Crippen LogP contribution in [0.5, 0.6) is 0 Å². The molecule has 38 heavy (non-hydrogen) atoms. The van der Waals surface area contributed by atoms with Crippen LogP contribution in [0.2, 0.25) is 0 Å². The summed E-state index contributed by atoms with van der Waals surface area (Å²) in [5.74, 6) is 1.88. The summed E-state index contributed by atoms with van der Waals surface area (Å²) in [7, 11) is 0. The Morgan fingerprint density at radius 2 is 2.11 bits per heavy atom. The van der Waals surface area contributed by atoms with E-state index in [2.05, 4.69) is 42.0 Å².